The first kappa shape index (κ1) is 12.8. The smallest absolute Gasteiger partial charge is 0.323 e. The first-order valence-electron chi connectivity index (χ1n) is 6.66. The lowest BCUT2D eigenvalue weighted by atomic mass is 9.91. The quantitative estimate of drug-likeness (QED) is 0.876. The van der Waals surface area contributed by atoms with Crippen LogP contribution < -0.4 is 15.2 Å². The number of rotatable bonds is 5. The number of imidazole rings is 1. The van der Waals surface area contributed by atoms with Gasteiger partial charge in [-0.25, -0.2) is 4.79 Å². The van der Waals surface area contributed by atoms with Gasteiger partial charge in [0.05, 0.1) is 14.2 Å². The summed E-state index contributed by atoms with van der Waals surface area (Å²) in [6.07, 6.45) is 4.83. The highest BCUT2D eigenvalue weighted by atomic mass is 16.5. The molecule has 0 saturated heterocycles. The molecule has 1 aromatic heterocycles. The fourth-order valence-corrected chi connectivity index (χ4v) is 2.71. The molecule has 1 aliphatic carbocycles. The molecule has 1 aliphatic rings. The third kappa shape index (κ3) is 2.19. The average Bonchev–Trinajstić information content (AvgIpc) is 3.14. The molecule has 0 bridgehead atoms. The highest BCUT2D eigenvalue weighted by Gasteiger charge is 2.44. The van der Waals surface area contributed by atoms with Crippen LogP contribution in [0, 0.1) is 0 Å². The lowest BCUT2D eigenvalue weighted by Gasteiger charge is -2.17. The van der Waals surface area contributed by atoms with Gasteiger partial charge in [0.2, 0.25) is 0 Å². The van der Waals surface area contributed by atoms with Crippen LogP contribution in [0.2, 0.25) is 0 Å². The number of aromatic nitrogens is 2. The summed E-state index contributed by atoms with van der Waals surface area (Å²) in [4.78, 5) is 16.7. The minimum absolute atomic E-state index is 0.116. The molecule has 1 saturated carbocycles. The van der Waals surface area contributed by atoms with Gasteiger partial charge < -0.3 is 19.4 Å². The normalized spacial score (nSPS) is 15.9. The molecule has 106 valence electrons. The van der Waals surface area contributed by atoms with Gasteiger partial charge in [0.25, 0.3) is 0 Å². The van der Waals surface area contributed by atoms with Gasteiger partial charge in [-0.2, -0.15) is 0 Å². The molecule has 0 radical (unpaired) electrons. The van der Waals surface area contributed by atoms with Gasteiger partial charge in [0.1, 0.15) is 0 Å². The van der Waals surface area contributed by atoms with Crippen LogP contribution in [0.25, 0.3) is 0 Å². The van der Waals surface area contributed by atoms with E-state index in [4.69, 9.17) is 9.47 Å². The second kappa shape index (κ2) is 4.74. The molecule has 0 atom stereocenters. The molecule has 1 heterocycles. The summed E-state index contributed by atoms with van der Waals surface area (Å²) < 4.78 is 10.6. The summed E-state index contributed by atoms with van der Waals surface area (Å²) in [6.45, 7) is 0. The summed E-state index contributed by atoms with van der Waals surface area (Å²) in [6, 6.07) is 6.06. The van der Waals surface area contributed by atoms with Gasteiger partial charge in [0.15, 0.2) is 11.5 Å². The Balaban J connectivity index is 1.90. The minimum atomic E-state index is -0.150. The Kier molecular flexibility index (Phi) is 3.04. The molecule has 0 amide bonds. The third-order valence-corrected chi connectivity index (χ3v) is 4.03. The molecule has 0 aliphatic heterocycles. The van der Waals surface area contributed by atoms with E-state index in [1.54, 1.807) is 20.4 Å². The zero-order valence-electron chi connectivity index (χ0n) is 11.7. The zero-order valence-corrected chi connectivity index (χ0v) is 11.7. The van der Waals surface area contributed by atoms with Crippen LogP contribution in [0.5, 0.6) is 11.5 Å². The second-order valence-corrected chi connectivity index (χ2v) is 5.29. The van der Waals surface area contributed by atoms with Crippen molar-refractivity contribution in [2.75, 3.05) is 14.2 Å². The van der Waals surface area contributed by atoms with Gasteiger partial charge in [-0.3, -0.25) is 0 Å². The number of H-pyrrole nitrogens is 2. The fraction of sp³-hybridized carbons (Fsp3) is 0.400. The fourth-order valence-electron chi connectivity index (χ4n) is 2.71. The second-order valence-electron chi connectivity index (χ2n) is 5.29. The SMILES string of the molecule is COc1ccc(C2(Cc3c[nH]c(=O)[nH]3)CC2)cc1OC. The molecule has 3 rings (SSSR count). The van der Waals surface area contributed by atoms with Crippen LogP contribution in [-0.4, -0.2) is 24.2 Å². The maximum absolute atomic E-state index is 11.2. The van der Waals surface area contributed by atoms with Crippen molar-refractivity contribution in [3.63, 3.8) is 0 Å². The summed E-state index contributed by atoms with van der Waals surface area (Å²) in [7, 11) is 3.28. The van der Waals surface area contributed by atoms with Crippen LogP contribution >= 0.6 is 0 Å². The van der Waals surface area contributed by atoms with Crippen molar-refractivity contribution in [2.24, 2.45) is 0 Å². The van der Waals surface area contributed by atoms with E-state index in [2.05, 4.69) is 16.0 Å². The maximum atomic E-state index is 11.2. The maximum Gasteiger partial charge on any atom is 0.323 e. The summed E-state index contributed by atoms with van der Waals surface area (Å²) in [5.74, 6) is 1.49. The zero-order chi connectivity index (χ0) is 14.2. The van der Waals surface area contributed by atoms with E-state index >= 15 is 0 Å². The Bertz CT molecular complexity index is 668. The molecule has 5 nitrogen and oxygen atoms in total. The molecular formula is C15H18N2O3. The van der Waals surface area contributed by atoms with E-state index in [9.17, 15) is 4.79 Å². The van der Waals surface area contributed by atoms with Crippen molar-refractivity contribution in [3.05, 3.63) is 46.1 Å². The Morgan fingerprint density at radius 3 is 2.50 bits per heavy atom. The molecule has 0 unspecified atom stereocenters. The summed E-state index contributed by atoms with van der Waals surface area (Å²) >= 11 is 0. The Morgan fingerprint density at radius 1 is 1.20 bits per heavy atom. The van der Waals surface area contributed by atoms with Gasteiger partial charge in [-0.1, -0.05) is 6.07 Å². The number of benzene rings is 1. The van der Waals surface area contributed by atoms with Gasteiger partial charge in [0, 0.05) is 17.3 Å². The molecule has 20 heavy (non-hydrogen) atoms. The topological polar surface area (TPSA) is 67.1 Å². The van der Waals surface area contributed by atoms with Crippen molar-refractivity contribution in [2.45, 2.75) is 24.7 Å². The molecule has 1 fully saturated rings. The number of ether oxygens (including phenoxy) is 2. The van der Waals surface area contributed by atoms with E-state index < -0.39 is 0 Å². The highest BCUT2D eigenvalue weighted by Crippen LogP contribution is 2.51. The van der Waals surface area contributed by atoms with E-state index in [1.165, 1.54) is 5.56 Å². The van der Waals surface area contributed by atoms with E-state index in [-0.39, 0.29) is 11.1 Å². The number of hydrogen-bond donors (Lipinski definition) is 2. The van der Waals surface area contributed by atoms with Crippen LogP contribution in [0.15, 0.2) is 29.2 Å². The molecule has 5 heteroatoms. The van der Waals surface area contributed by atoms with Crippen LogP contribution in [-0.2, 0) is 11.8 Å². The summed E-state index contributed by atoms with van der Waals surface area (Å²) in [5.41, 5.74) is 2.15. The molecule has 0 spiro atoms. The predicted molar refractivity (Wildman–Crippen MR) is 75.6 cm³/mol. The van der Waals surface area contributed by atoms with Crippen molar-refractivity contribution in [1.82, 2.24) is 9.97 Å². The largest absolute Gasteiger partial charge is 0.493 e. The molecular weight excluding hydrogens is 256 g/mol. The molecule has 1 aromatic carbocycles. The molecule has 2 aromatic rings. The van der Waals surface area contributed by atoms with Gasteiger partial charge in [-0.15, -0.1) is 0 Å². The van der Waals surface area contributed by atoms with Crippen LogP contribution in [0.1, 0.15) is 24.1 Å². The monoisotopic (exact) mass is 274 g/mol. The lowest BCUT2D eigenvalue weighted by Crippen LogP contribution is -2.12. The van der Waals surface area contributed by atoms with E-state index in [0.29, 0.717) is 0 Å². The van der Waals surface area contributed by atoms with Crippen molar-refractivity contribution >= 4 is 0 Å². The number of methoxy groups -OCH3 is 2. The molecule has 2 N–H and O–H groups in total. The number of aromatic amines is 2. The van der Waals surface area contributed by atoms with Crippen molar-refractivity contribution < 1.29 is 9.47 Å². The number of hydrogen-bond acceptors (Lipinski definition) is 3. The standard InChI is InChI=1S/C15H18N2O3/c1-19-12-4-3-10(7-13(12)20-2)15(5-6-15)8-11-9-16-14(18)17-11/h3-4,7,9H,5-6,8H2,1-2H3,(H2,16,17,18). The van der Waals surface area contributed by atoms with Crippen molar-refractivity contribution in [3.8, 4) is 11.5 Å². The Labute approximate surface area is 116 Å². The number of nitrogens with one attached hydrogen (secondary N) is 2. The third-order valence-electron chi connectivity index (χ3n) is 4.03. The van der Waals surface area contributed by atoms with Gasteiger partial charge >= 0.3 is 5.69 Å². The van der Waals surface area contributed by atoms with Gasteiger partial charge in [-0.05, 0) is 37.0 Å². The summed E-state index contributed by atoms with van der Waals surface area (Å²) in [5, 5.41) is 0. The van der Waals surface area contributed by atoms with Crippen LogP contribution in [0.3, 0.4) is 0 Å². The van der Waals surface area contributed by atoms with Crippen LogP contribution in [0.4, 0.5) is 0 Å². The highest BCUT2D eigenvalue weighted by molar-refractivity contribution is 5.47. The van der Waals surface area contributed by atoms with Crippen molar-refractivity contribution in [1.29, 1.82) is 0 Å². The Hall–Kier alpha value is -2.17. The van der Waals surface area contributed by atoms with E-state index in [0.717, 1.165) is 36.5 Å². The first-order chi connectivity index (χ1) is 9.66. The average molecular weight is 274 g/mol. The minimum Gasteiger partial charge on any atom is -0.493 e. The van der Waals surface area contributed by atoms with E-state index in [1.807, 2.05) is 12.1 Å². The predicted octanol–water partition coefficient (Wildman–Crippen LogP) is 1.99. The Morgan fingerprint density at radius 2 is 1.95 bits per heavy atom. The first-order valence-corrected chi connectivity index (χ1v) is 6.66. The lowest BCUT2D eigenvalue weighted by molar-refractivity contribution is 0.354.